The normalized spacial score (nSPS) is 10.8. The van der Waals surface area contributed by atoms with E-state index in [1.807, 2.05) is 37.3 Å². The Morgan fingerprint density at radius 1 is 1.18 bits per heavy atom. The first-order valence-corrected chi connectivity index (χ1v) is 8.16. The Hall–Kier alpha value is -2.14. The van der Waals surface area contributed by atoms with E-state index in [0.717, 1.165) is 33.9 Å². The molecule has 0 bridgehead atoms. The van der Waals surface area contributed by atoms with Crippen molar-refractivity contribution < 1.29 is 9.26 Å². The standard InChI is InChI=1S/C17H18N2O2S/c1-3-12-9-10-15(20-4-2)16(11-12)22-19-17-13-7-5-6-8-14(13)21-18-17/h5-11H,3-4H2,1-2H3,(H,18,19). The highest BCUT2D eigenvalue weighted by Crippen LogP contribution is 2.33. The minimum atomic E-state index is 0.645. The summed E-state index contributed by atoms with van der Waals surface area (Å²) >= 11 is 1.49. The van der Waals surface area contributed by atoms with Gasteiger partial charge in [-0.1, -0.05) is 30.3 Å². The van der Waals surface area contributed by atoms with Crippen LogP contribution in [0.5, 0.6) is 5.75 Å². The smallest absolute Gasteiger partial charge is 0.187 e. The fourth-order valence-corrected chi connectivity index (χ4v) is 2.98. The molecule has 0 aliphatic heterocycles. The third-order valence-electron chi connectivity index (χ3n) is 3.35. The van der Waals surface area contributed by atoms with Crippen LogP contribution < -0.4 is 9.46 Å². The maximum absolute atomic E-state index is 5.69. The number of benzene rings is 2. The van der Waals surface area contributed by atoms with Crippen LogP contribution in [0.15, 0.2) is 51.9 Å². The van der Waals surface area contributed by atoms with Gasteiger partial charge in [0, 0.05) is 0 Å². The summed E-state index contributed by atoms with van der Waals surface area (Å²) in [5.41, 5.74) is 2.05. The number of para-hydroxylation sites is 1. The third-order valence-corrected chi connectivity index (χ3v) is 4.19. The monoisotopic (exact) mass is 314 g/mol. The molecule has 3 aromatic rings. The van der Waals surface area contributed by atoms with Gasteiger partial charge in [0.05, 0.1) is 16.9 Å². The second-order valence-electron chi connectivity index (χ2n) is 4.80. The van der Waals surface area contributed by atoms with E-state index in [0.29, 0.717) is 6.61 Å². The van der Waals surface area contributed by atoms with Crippen LogP contribution in [-0.2, 0) is 6.42 Å². The van der Waals surface area contributed by atoms with Crippen molar-refractivity contribution in [1.82, 2.24) is 5.16 Å². The Morgan fingerprint density at radius 3 is 2.86 bits per heavy atom. The van der Waals surface area contributed by atoms with Crippen LogP contribution in [0, 0.1) is 0 Å². The number of nitrogens with zero attached hydrogens (tertiary/aromatic N) is 1. The van der Waals surface area contributed by atoms with Crippen LogP contribution >= 0.6 is 11.9 Å². The van der Waals surface area contributed by atoms with Gasteiger partial charge in [0.1, 0.15) is 5.75 Å². The molecule has 114 valence electrons. The van der Waals surface area contributed by atoms with Crippen molar-refractivity contribution in [2.45, 2.75) is 25.2 Å². The highest BCUT2D eigenvalue weighted by atomic mass is 32.2. The fourth-order valence-electron chi connectivity index (χ4n) is 2.19. The van der Waals surface area contributed by atoms with Gasteiger partial charge in [0.25, 0.3) is 0 Å². The molecule has 0 aliphatic rings. The molecule has 3 rings (SSSR count). The summed E-state index contributed by atoms with van der Waals surface area (Å²) in [6, 6.07) is 14.1. The van der Waals surface area contributed by atoms with Crippen LogP contribution in [0.4, 0.5) is 5.82 Å². The lowest BCUT2D eigenvalue weighted by molar-refractivity contribution is 0.332. The molecule has 0 saturated heterocycles. The van der Waals surface area contributed by atoms with E-state index in [4.69, 9.17) is 9.26 Å². The van der Waals surface area contributed by atoms with Crippen LogP contribution in [0.1, 0.15) is 19.4 Å². The van der Waals surface area contributed by atoms with E-state index in [2.05, 4.69) is 28.9 Å². The Kier molecular flexibility index (Phi) is 4.53. The number of aromatic nitrogens is 1. The zero-order valence-electron chi connectivity index (χ0n) is 12.6. The van der Waals surface area contributed by atoms with Crippen molar-refractivity contribution in [3.63, 3.8) is 0 Å². The number of fused-ring (bicyclic) bond motifs is 1. The first-order chi connectivity index (χ1) is 10.8. The van der Waals surface area contributed by atoms with Gasteiger partial charge in [-0.3, -0.25) is 0 Å². The van der Waals surface area contributed by atoms with E-state index in [1.54, 1.807) is 0 Å². The van der Waals surface area contributed by atoms with Crippen molar-refractivity contribution >= 4 is 28.7 Å². The van der Waals surface area contributed by atoms with E-state index in [9.17, 15) is 0 Å². The number of rotatable bonds is 6. The van der Waals surface area contributed by atoms with Crippen molar-refractivity contribution in [1.29, 1.82) is 0 Å². The summed E-state index contributed by atoms with van der Waals surface area (Å²) in [5, 5.41) is 5.05. The molecule has 0 spiro atoms. The molecule has 0 saturated carbocycles. The largest absolute Gasteiger partial charge is 0.493 e. The van der Waals surface area contributed by atoms with Gasteiger partial charge >= 0.3 is 0 Å². The molecule has 0 aliphatic carbocycles. The number of nitrogens with one attached hydrogen (secondary N) is 1. The molecule has 1 aromatic heterocycles. The third kappa shape index (κ3) is 3.04. The summed E-state index contributed by atoms with van der Waals surface area (Å²) in [6.07, 6.45) is 0.993. The maximum atomic E-state index is 5.69. The molecule has 2 aromatic carbocycles. The van der Waals surface area contributed by atoms with Crippen molar-refractivity contribution in [3.8, 4) is 5.75 Å². The van der Waals surface area contributed by atoms with Crippen LogP contribution in [0.25, 0.3) is 11.0 Å². The maximum Gasteiger partial charge on any atom is 0.187 e. The molecule has 0 unspecified atom stereocenters. The van der Waals surface area contributed by atoms with Gasteiger partial charge in [0.15, 0.2) is 11.4 Å². The van der Waals surface area contributed by atoms with E-state index < -0.39 is 0 Å². The lowest BCUT2D eigenvalue weighted by Gasteiger charge is -2.11. The molecule has 0 radical (unpaired) electrons. The molecule has 0 atom stereocenters. The number of ether oxygens (including phenoxy) is 1. The van der Waals surface area contributed by atoms with Crippen molar-refractivity contribution in [2.75, 3.05) is 11.3 Å². The minimum absolute atomic E-state index is 0.645. The summed E-state index contributed by atoms with van der Waals surface area (Å²) in [4.78, 5) is 1.05. The first kappa shape index (κ1) is 14.8. The average molecular weight is 314 g/mol. The van der Waals surface area contributed by atoms with Gasteiger partial charge in [-0.05, 0) is 55.1 Å². The Balaban J connectivity index is 1.83. The predicted molar refractivity (Wildman–Crippen MR) is 90.5 cm³/mol. The number of hydrogen-bond acceptors (Lipinski definition) is 5. The Morgan fingerprint density at radius 2 is 2.05 bits per heavy atom. The molecule has 22 heavy (non-hydrogen) atoms. The average Bonchev–Trinajstić information content (AvgIpc) is 2.97. The van der Waals surface area contributed by atoms with Crippen LogP contribution in [0.2, 0.25) is 0 Å². The molecule has 1 N–H and O–H groups in total. The molecule has 1 heterocycles. The summed E-state index contributed by atoms with van der Waals surface area (Å²) in [7, 11) is 0. The van der Waals surface area contributed by atoms with E-state index in [1.165, 1.54) is 17.5 Å². The van der Waals surface area contributed by atoms with Gasteiger partial charge in [-0.25, -0.2) is 0 Å². The van der Waals surface area contributed by atoms with Gasteiger partial charge in [-0.2, -0.15) is 0 Å². The quantitative estimate of drug-likeness (QED) is 0.655. The van der Waals surface area contributed by atoms with Crippen molar-refractivity contribution in [3.05, 3.63) is 48.0 Å². The lowest BCUT2D eigenvalue weighted by Crippen LogP contribution is -1.96. The van der Waals surface area contributed by atoms with Gasteiger partial charge in [0.2, 0.25) is 0 Å². The highest BCUT2D eigenvalue weighted by molar-refractivity contribution is 8.00. The molecule has 0 amide bonds. The van der Waals surface area contributed by atoms with Crippen LogP contribution in [0.3, 0.4) is 0 Å². The molecular weight excluding hydrogens is 296 g/mol. The Labute approximate surface area is 134 Å². The highest BCUT2D eigenvalue weighted by Gasteiger charge is 2.10. The summed E-state index contributed by atoms with van der Waals surface area (Å²) in [5.74, 6) is 1.61. The van der Waals surface area contributed by atoms with E-state index in [-0.39, 0.29) is 0 Å². The number of aryl methyl sites for hydroxylation is 1. The lowest BCUT2D eigenvalue weighted by atomic mass is 10.2. The zero-order chi connectivity index (χ0) is 15.4. The second-order valence-corrected chi connectivity index (χ2v) is 5.65. The minimum Gasteiger partial charge on any atom is -0.493 e. The summed E-state index contributed by atoms with van der Waals surface area (Å²) < 4.78 is 14.3. The van der Waals surface area contributed by atoms with Crippen LogP contribution in [-0.4, -0.2) is 11.8 Å². The topological polar surface area (TPSA) is 47.3 Å². The van der Waals surface area contributed by atoms with E-state index >= 15 is 0 Å². The zero-order valence-corrected chi connectivity index (χ0v) is 13.4. The fraction of sp³-hybridized carbons (Fsp3) is 0.235. The Bertz CT molecular complexity index is 770. The molecular formula is C17H18N2O2S. The number of hydrogen-bond donors (Lipinski definition) is 1. The summed E-state index contributed by atoms with van der Waals surface area (Å²) in [6.45, 7) is 4.77. The predicted octanol–water partition coefficient (Wildman–Crippen LogP) is 4.91. The molecule has 4 nitrogen and oxygen atoms in total. The molecule has 0 fully saturated rings. The van der Waals surface area contributed by atoms with Crippen molar-refractivity contribution in [2.24, 2.45) is 0 Å². The molecule has 5 heteroatoms. The van der Waals surface area contributed by atoms with Gasteiger partial charge < -0.3 is 14.0 Å². The number of anilines is 1. The SMILES string of the molecule is CCOc1ccc(CC)cc1SNc1noc2ccccc12. The second kappa shape index (κ2) is 6.75. The first-order valence-electron chi connectivity index (χ1n) is 7.34. The van der Waals surface area contributed by atoms with Gasteiger partial charge in [-0.15, -0.1) is 0 Å².